The molecule has 0 N–H and O–H groups in total. The molecule has 0 amide bonds. The molecule has 0 saturated carbocycles. The highest BCUT2D eigenvalue weighted by Gasteiger charge is 2.17. The number of benzene rings is 1. The van der Waals surface area contributed by atoms with Crippen molar-refractivity contribution in [2.45, 2.75) is 32.0 Å². The summed E-state index contributed by atoms with van der Waals surface area (Å²) < 4.78 is 3.70. The summed E-state index contributed by atoms with van der Waals surface area (Å²) >= 11 is 3.17. The summed E-state index contributed by atoms with van der Waals surface area (Å²) in [6, 6.07) is 8.21. The quantitative estimate of drug-likeness (QED) is 0.534. The molecule has 0 aliphatic heterocycles. The number of thioether (sulfide) groups is 1. The Kier molecular flexibility index (Phi) is 3.56. The first-order valence-electron chi connectivity index (χ1n) is 6.70. The van der Waals surface area contributed by atoms with Crippen molar-refractivity contribution in [3.63, 3.8) is 0 Å². The molecule has 2 aromatic heterocycles. The van der Waals surface area contributed by atoms with Crippen LogP contribution in [-0.2, 0) is 0 Å². The van der Waals surface area contributed by atoms with E-state index >= 15 is 0 Å². The number of hydrogen-bond donors (Lipinski definition) is 0. The van der Waals surface area contributed by atoms with Gasteiger partial charge in [-0.05, 0) is 25.7 Å². The van der Waals surface area contributed by atoms with Gasteiger partial charge in [-0.25, -0.2) is 4.98 Å². The minimum Gasteiger partial charge on any atom is -0.284 e. The van der Waals surface area contributed by atoms with Crippen molar-refractivity contribution in [1.82, 2.24) is 9.55 Å². The Morgan fingerprint density at radius 1 is 1.35 bits per heavy atom. The topological polar surface area (TPSA) is 34.9 Å². The molecule has 0 spiro atoms. The maximum Gasteiger partial charge on any atom is 0.272 e. The van der Waals surface area contributed by atoms with Crippen LogP contribution in [0, 0.1) is 0 Å². The van der Waals surface area contributed by atoms with Crippen LogP contribution in [0.5, 0.6) is 0 Å². The minimum absolute atomic E-state index is 0.0853. The van der Waals surface area contributed by atoms with Gasteiger partial charge in [-0.15, -0.1) is 11.3 Å². The van der Waals surface area contributed by atoms with Crippen LogP contribution >= 0.6 is 23.1 Å². The van der Waals surface area contributed by atoms with Crippen LogP contribution in [0.15, 0.2) is 34.2 Å². The fourth-order valence-corrected chi connectivity index (χ4v) is 4.25. The molecule has 0 aliphatic carbocycles. The first-order valence-corrected chi connectivity index (χ1v) is 8.50. The van der Waals surface area contributed by atoms with Crippen molar-refractivity contribution in [2.24, 2.45) is 0 Å². The number of fused-ring (bicyclic) bond motifs is 3. The summed E-state index contributed by atoms with van der Waals surface area (Å²) in [5.74, 6) is 0.909. The van der Waals surface area contributed by atoms with E-state index in [9.17, 15) is 4.79 Å². The van der Waals surface area contributed by atoms with Gasteiger partial charge in [0, 0.05) is 16.1 Å². The van der Waals surface area contributed by atoms with Gasteiger partial charge >= 0.3 is 0 Å². The zero-order valence-electron chi connectivity index (χ0n) is 11.7. The van der Waals surface area contributed by atoms with Crippen molar-refractivity contribution < 1.29 is 0 Å². The number of aromatic nitrogens is 2. The fourth-order valence-electron chi connectivity index (χ4n) is 2.32. The summed E-state index contributed by atoms with van der Waals surface area (Å²) in [4.78, 5) is 17.5. The van der Waals surface area contributed by atoms with E-state index in [1.54, 1.807) is 23.1 Å². The van der Waals surface area contributed by atoms with Crippen molar-refractivity contribution in [1.29, 1.82) is 0 Å². The van der Waals surface area contributed by atoms with Crippen LogP contribution in [0.3, 0.4) is 0 Å². The lowest BCUT2D eigenvalue weighted by Crippen LogP contribution is -2.24. The zero-order chi connectivity index (χ0) is 14.3. The molecule has 3 aromatic rings. The van der Waals surface area contributed by atoms with Gasteiger partial charge in [0.15, 0.2) is 5.16 Å². The summed E-state index contributed by atoms with van der Waals surface area (Å²) in [7, 11) is 0. The van der Waals surface area contributed by atoms with Crippen LogP contribution in [0.2, 0.25) is 0 Å². The van der Waals surface area contributed by atoms with E-state index < -0.39 is 0 Å². The van der Waals surface area contributed by atoms with Crippen LogP contribution in [-0.4, -0.2) is 15.3 Å². The Morgan fingerprint density at radius 3 is 2.80 bits per heavy atom. The molecule has 3 rings (SSSR count). The number of rotatable bonds is 3. The normalized spacial score (nSPS) is 11.8. The fraction of sp³-hybridized carbons (Fsp3) is 0.333. The zero-order valence-corrected chi connectivity index (χ0v) is 13.3. The first kappa shape index (κ1) is 13.6. The third-order valence-corrected chi connectivity index (χ3v) is 5.17. The van der Waals surface area contributed by atoms with E-state index in [0.717, 1.165) is 31.2 Å². The second-order valence-electron chi connectivity index (χ2n) is 4.87. The molecule has 0 radical (unpaired) electrons. The Hall–Kier alpha value is -1.33. The van der Waals surface area contributed by atoms with Crippen LogP contribution in [0.4, 0.5) is 0 Å². The van der Waals surface area contributed by atoms with Crippen molar-refractivity contribution in [2.75, 3.05) is 5.75 Å². The minimum atomic E-state index is 0.0853. The molecule has 1 aromatic carbocycles. The van der Waals surface area contributed by atoms with E-state index in [-0.39, 0.29) is 11.6 Å². The Labute approximate surface area is 125 Å². The van der Waals surface area contributed by atoms with Gasteiger partial charge in [0.1, 0.15) is 4.70 Å². The molecule has 0 aliphatic rings. The van der Waals surface area contributed by atoms with E-state index in [2.05, 4.69) is 6.92 Å². The van der Waals surface area contributed by atoms with Gasteiger partial charge < -0.3 is 0 Å². The Bertz CT molecular complexity index is 833. The van der Waals surface area contributed by atoms with E-state index in [0.29, 0.717) is 0 Å². The van der Waals surface area contributed by atoms with E-state index in [4.69, 9.17) is 4.98 Å². The second kappa shape index (κ2) is 5.22. The molecule has 2 heterocycles. The standard InChI is InChI=1S/C15H16N2OS2/c1-4-19-15-16-12-10-7-5-6-8-11(10)20-13(12)14(18)17(15)9(2)3/h5-9H,4H2,1-3H3. The highest BCUT2D eigenvalue weighted by atomic mass is 32.2. The summed E-state index contributed by atoms with van der Waals surface area (Å²) in [6.45, 7) is 6.14. The van der Waals surface area contributed by atoms with Gasteiger partial charge in [-0.2, -0.15) is 0 Å². The predicted molar refractivity (Wildman–Crippen MR) is 88.2 cm³/mol. The van der Waals surface area contributed by atoms with Crippen molar-refractivity contribution in [3.05, 3.63) is 34.6 Å². The van der Waals surface area contributed by atoms with E-state index in [1.807, 2.05) is 42.7 Å². The van der Waals surface area contributed by atoms with Gasteiger partial charge in [0.05, 0.1) is 5.52 Å². The summed E-state index contributed by atoms with van der Waals surface area (Å²) in [6.07, 6.45) is 0. The molecule has 104 valence electrons. The molecule has 0 atom stereocenters. The number of hydrogen-bond acceptors (Lipinski definition) is 4. The molecule has 0 saturated heterocycles. The molecular formula is C15H16N2OS2. The third kappa shape index (κ3) is 2.05. The molecule has 0 fully saturated rings. The highest BCUT2D eigenvalue weighted by Crippen LogP contribution is 2.32. The molecule has 3 nitrogen and oxygen atoms in total. The maximum absolute atomic E-state index is 12.8. The molecule has 0 bridgehead atoms. The third-order valence-electron chi connectivity index (χ3n) is 3.19. The number of thiophene rings is 1. The highest BCUT2D eigenvalue weighted by molar-refractivity contribution is 7.99. The molecule has 20 heavy (non-hydrogen) atoms. The van der Waals surface area contributed by atoms with Crippen molar-refractivity contribution >= 4 is 43.4 Å². The van der Waals surface area contributed by atoms with Crippen LogP contribution in [0.25, 0.3) is 20.3 Å². The van der Waals surface area contributed by atoms with Gasteiger partial charge in [-0.1, -0.05) is 36.9 Å². The maximum atomic E-state index is 12.8. The van der Waals surface area contributed by atoms with Gasteiger partial charge in [0.25, 0.3) is 5.56 Å². The first-order chi connectivity index (χ1) is 9.63. The Morgan fingerprint density at radius 2 is 2.10 bits per heavy atom. The smallest absolute Gasteiger partial charge is 0.272 e. The summed E-state index contributed by atoms with van der Waals surface area (Å²) in [5.41, 5.74) is 0.936. The predicted octanol–water partition coefficient (Wildman–Crippen LogP) is 4.30. The SMILES string of the molecule is CCSc1nc2c(sc3ccccc32)c(=O)n1C(C)C. The average Bonchev–Trinajstić information content (AvgIpc) is 2.78. The van der Waals surface area contributed by atoms with E-state index in [1.165, 1.54) is 0 Å². The molecule has 0 unspecified atom stereocenters. The largest absolute Gasteiger partial charge is 0.284 e. The van der Waals surface area contributed by atoms with Crippen molar-refractivity contribution in [3.8, 4) is 0 Å². The summed E-state index contributed by atoms with van der Waals surface area (Å²) in [5, 5.41) is 1.90. The van der Waals surface area contributed by atoms with Crippen LogP contribution < -0.4 is 5.56 Å². The lowest BCUT2D eigenvalue weighted by molar-refractivity contribution is 0.520. The van der Waals surface area contributed by atoms with Gasteiger partial charge in [-0.3, -0.25) is 9.36 Å². The second-order valence-corrected chi connectivity index (χ2v) is 7.16. The average molecular weight is 304 g/mol. The lowest BCUT2D eigenvalue weighted by atomic mass is 10.2. The molecule has 5 heteroatoms. The monoisotopic (exact) mass is 304 g/mol. The Balaban J connectivity index is 2.45. The van der Waals surface area contributed by atoms with Gasteiger partial charge in [0.2, 0.25) is 0 Å². The lowest BCUT2D eigenvalue weighted by Gasteiger charge is -2.14. The number of nitrogens with zero attached hydrogens (tertiary/aromatic N) is 2. The molecular weight excluding hydrogens is 288 g/mol. The van der Waals surface area contributed by atoms with Crippen LogP contribution in [0.1, 0.15) is 26.8 Å².